The average molecular weight is 225 g/mol. The molecule has 0 saturated carbocycles. The number of carbonyl (C=O) groups excluding carboxylic acids is 1. The van der Waals surface area contributed by atoms with Crippen molar-refractivity contribution in [3.05, 3.63) is 29.6 Å². The number of halogens is 3. The summed E-state index contributed by atoms with van der Waals surface area (Å²) in [6.45, 7) is 1.25. The van der Waals surface area contributed by atoms with Crippen molar-refractivity contribution in [2.45, 2.75) is 13.3 Å². The Morgan fingerprint density at radius 1 is 1.25 bits per heavy atom. The van der Waals surface area contributed by atoms with Crippen LogP contribution >= 0.6 is 0 Å². The molecule has 1 amide bonds. The Morgan fingerprint density at radius 2 is 1.75 bits per heavy atom. The van der Waals surface area contributed by atoms with Crippen LogP contribution < -0.4 is 23.6 Å². The molecule has 82 valence electrons. The van der Waals surface area contributed by atoms with E-state index in [0.29, 0.717) is 0 Å². The zero-order valence-electron chi connectivity index (χ0n) is 8.71. The van der Waals surface area contributed by atoms with E-state index >= 15 is 0 Å². The normalized spacial score (nSPS) is 10.2. The van der Waals surface area contributed by atoms with Gasteiger partial charge in [0.15, 0.2) is 0 Å². The van der Waals surface area contributed by atoms with E-state index in [0.717, 1.165) is 12.1 Å². The van der Waals surface area contributed by atoms with Gasteiger partial charge in [-0.1, -0.05) is 12.1 Å². The van der Waals surface area contributed by atoms with Crippen LogP contribution in [0.4, 0.5) is 18.9 Å². The molecule has 1 aromatic rings. The van der Waals surface area contributed by atoms with Gasteiger partial charge in [0, 0.05) is 0 Å². The number of benzene rings is 1. The summed E-state index contributed by atoms with van der Waals surface area (Å²) in [6, 6.07) is 4.72. The number of ether oxygens (including phenoxy) is 1. The van der Waals surface area contributed by atoms with Gasteiger partial charge in [0.1, 0.15) is 5.75 Å². The summed E-state index contributed by atoms with van der Waals surface area (Å²) in [5.41, 5.74) is 0.289. The number of hydrogen-bond acceptors (Lipinski definition) is 2. The van der Waals surface area contributed by atoms with Crippen LogP contribution in [0.2, 0.25) is 0 Å². The summed E-state index contributed by atoms with van der Waals surface area (Å²) in [5.74, 6) is -0.760. The first kappa shape index (κ1) is 14.9. The number of hydrogen-bond donors (Lipinski definition) is 0. The summed E-state index contributed by atoms with van der Waals surface area (Å²) >= 11 is 0. The maximum Gasteiger partial charge on any atom is 1.00 e. The fourth-order valence-electron chi connectivity index (χ4n) is 0.904. The molecule has 0 unspecified atom stereocenters. The smallest absolute Gasteiger partial charge is 0.627 e. The van der Waals surface area contributed by atoms with Crippen LogP contribution in [-0.2, 0) is 4.79 Å². The van der Waals surface area contributed by atoms with E-state index in [4.69, 9.17) is 0 Å². The average Bonchev–Trinajstić information content (AvgIpc) is 2.05. The van der Waals surface area contributed by atoms with Crippen molar-refractivity contribution in [2.75, 3.05) is 0 Å². The van der Waals surface area contributed by atoms with Crippen LogP contribution in [0.25, 0.3) is 5.32 Å². The summed E-state index contributed by atoms with van der Waals surface area (Å²) in [7, 11) is 0. The Kier molecular flexibility index (Phi) is 5.42. The molecule has 0 radical (unpaired) electrons. The minimum absolute atomic E-state index is 0. The van der Waals surface area contributed by atoms with Crippen molar-refractivity contribution < 1.29 is 41.6 Å². The van der Waals surface area contributed by atoms with Crippen LogP contribution in [0.1, 0.15) is 6.92 Å². The van der Waals surface area contributed by atoms with E-state index in [1.54, 1.807) is 0 Å². The molecule has 3 nitrogen and oxygen atoms in total. The van der Waals surface area contributed by atoms with Crippen molar-refractivity contribution in [3.8, 4) is 5.75 Å². The van der Waals surface area contributed by atoms with Crippen LogP contribution in [-0.4, -0.2) is 12.3 Å². The minimum atomic E-state index is -4.71. The molecule has 1 rings (SSSR count). The Morgan fingerprint density at radius 3 is 2.12 bits per heavy atom. The van der Waals surface area contributed by atoms with Gasteiger partial charge in [-0.2, -0.15) is 0 Å². The molecule has 0 bridgehead atoms. The molecular weight excluding hydrogens is 218 g/mol. The molecule has 0 aliphatic rings. The van der Waals surface area contributed by atoms with Gasteiger partial charge in [0.2, 0.25) is 0 Å². The van der Waals surface area contributed by atoms with Crippen LogP contribution in [0.3, 0.4) is 0 Å². The minimum Gasteiger partial charge on any atom is -0.627 e. The number of alkyl halides is 3. The van der Waals surface area contributed by atoms with E-state index in [9.17, 15) is 18.0 Å². The fraction of sp³-hybridized carbons (Fsp3) is 0.222. The third-order valence-corrected chi connectivity index (χ3v) is 1.36. The molecule has 0 aromatic heterocycles. The predicted molar refractivity (Wildman–Crippen MR) is 46.8 cm³/mol. The third-order valence-electron chi connectivity index (χ3n) is 1.36. The molecule has 0 aliphatic carbocycles. The van der Waals surface area contributed by atoms with E-state index in [1.807, 2.05) is 0 Å². The fourth-order valence-corrected chi connectivity index (χ4v) is 0.904. The first-order valence-electron chi connectivity index (χ1n) is 3.95. The van der Waals surface area contributed by atoms with Crippen molar-refractivity contribution >= 4 is 11.6 Å². The van der Waals surface area contributed by atoms with E-state index in [1.165, 1.54) is 19.1 Å². The Labute approximate surface area is 102 Å². The Hall–Kier alpha value is -1.12. The predicted octanol–water partition coefficient (Wildman–Crippen LogP) is 0.141. The second-order valence-corrected chi connectivity index (χ2v) is 2.67. The van der Waals surface area contributed by atoms with Gasteiger partial charge in [-0.05, 0) is 19.1 Å². The molecule has 0 atom stereocenters. The first-order valence-corrected chi connectivity index (χ1v) is 3.95. The van der Waals surface area contributed by atoms with Crippen molar-refractivity contribution in [1.82, 2.24) is 0 Å². The molecule has 1 aromatic carbocycles. The standard InChI is InChI=1S/C9H8F3NO2.Li/c1-6(14)13-7-2-4-8(5-3-7)15-9(10,11)12;/h2-5H,1H3,(H,13,14);/q;+1/p-1. The van der Waals surface area contributed by atoms with E-state index in [2.05, 4.69) is 10.1 Å². The van der Waals surface area contributed by atoms with Gasteiger partial charge < -0.3 is 14.8 Å². The van der Waals surface area contributed by atoms with Crippen molar-refractivity contribution in [3.63, 3.8) is 0 Å². The topological polar surface area (TPSA) is 40.4 Å². The second-order valence-electron chi connectivity index (χ2n) is 2.67. The van der Waals surface area contributed by atoms with Gasteiger partial charge in [0.25, 0.3) is 0 Å². The number of nitrogens with zero attached hydrogens (tertiary/aromatic N) is 1. The van der Waals surface area contributed by atoms with Crippen molar-refractivity contribution in [2.24, 2.45) is 0 Å². The van der Waals surface area contributed by atoms with Crippen molar-refractivity contribution in [1.29, 1.82) is 0 Å². The molecule has 0 spiro atoms. The largest absolute Gasteiger partial charge is 1.00 e. The molecule has 0 fully saturated rings. The molecule has 0 aliphatic heterocycles. The summed E-state index contributed by atoms with van der Waals surface area (Å²) < 4.78 is 38.9. The zero-order valence-corrected chi connectivity index (χ0v) is 8.71. The molecular formula is C9H7F3LiNO2. The SMILES string of the molecule is CC(=O)[N-]c1ccc(OC(F)(F)F)cc1.[Li+]. The van der Waals surface area contributed by atoms with E-state index in [-0.39, 0.29) is 30.3 Å². The first-order chi connectivity index (χ1) is 6.87. The monoisotopic (exact) mass is 225 g/mol. The number of amides is 1. The molecule has 0 heterocycles. The van der Waals surface area contributed by atoms with Crippen LogP contribution in [0.15, 0.2) is 24.3 Å². The zero-order chi connectivity index (χ0) is 11.5. The molecule has 0 N–H and O–H groups in total. The third kappa shape index (κ3) is 5.68. The maximum atomic E-state index is 11.8. The van der Waals surface area contributed by atoms with Gasteiger partial charge in [-0.15, -0.1) is 18.9 Å². The van der Waals surface area contributed by atoms with Crippen LogP contribution in [0.5, 0.6) is 5.75 Å². The number of carbonyl (C=O) groups is 1. The summed E-state index contributed by atoms with van der Waals surface area (Å²) in [4.78, 5) is 10.5. The Bertz CT molecular complexity index is 351. The molecule has 0 saturated heterocycles. The summed E-state index contributed by atoms with van der Waals surface area (Å²) in [5, 5.41) is 3.52. The molecule has 16 heavy (non-hydrogen) atoms. The van der Waals surface area contributed by atoms with Gasteiger partial charge in [-0.3, -0.25) is 0 Å². The molecule has 7 heteroatoms. The maximum absolute atomic E-state index is 11.8. The second kappa shape index (κ2) is 5.82. The van der Waals surface area contributed by atoms with Gasteiger partial charge >= 0.3 is 25.2 Å². The number of rotatable bonds is 2. The van der Waals surface area contributed by atoms with Crippen LogP contribution in [0, 0.1) is 0 Å². The summed E-state index contributed by atoms with van der Waals surface area (Å²) in [6.07, 6.45) is -4.71. The van der Waals surface area contributed by atoms with Gasteiger partial charge in [0.05, 0.1) is 5.91 Å². The van der Waals surface area contributed by atoms with E-state index < -0.39 is 12.3 Å². The quantitative estimate of drug-likeness (QED) is 0.672. The Balaban J connectivity index is 0.00000225. The van der Waals surface area contributed by atoms with Gasteiger partial charge in [-0.25, -0.2) is 0 Å².